The number of guanidine groups is 1. The van der Waals surface area contributed by atoms with Crippen LogP contribution >= 0.6 is 0 Å². The molecular weight excluding hydrogens is 224 g/mol. The minimum absolute atomic E-state index is 0.0193. The fourth-order valence-corrected chi connectivity index (χ4v) is 1.87. The van der Waals surface area contributed by atoms with Crippen LogP contribution in [-0.4, -0.2) is 42.1 Å². The van der Waals surface area contributed by atoms with Crippen molar-refractivity contribution in [2.75, 3.05) is 19.6 Å². The Morgan fingerprint density at radius 1 is 1.28 bits per heavy atom. The Hall–Kier alpha value is -0.770. The highest BCUT2D eigenvalue weighted by molar-refractivity contribution is 5.78. The van der Waals surface area contributed by atoms with Crippen LogP contribution in [0.15, 0.2) is 4.99 Å². The van der Waals surface area contributed by atoms with Gasteiger partial charge in [-0.25, -0.2) is 0 Å². The van der Waals surface area contributed by atoms with E-state index in [0.717, 1.165) is 26.1 Å². The molecule has 0 saturated carbocycles. The quantitative estimate of drug-likeness (QED) is 0.542. The molecule has 0 spiro atoms. The van der Waals surface area contributed by atoms with E-state index in [1.54, 1.807) is 0 Å². The van der Waals surface area contributed by atoms with Gasteiger partial charge in [-0.15, -0.1) is 0 Å². The van der Waals surface area contributed by atoms with Crippen LogP contribution < -0.4 is 11.1 Å². The molecule has 0 rings (SSSR count). The predicted octanol–water partition coefficient (Wildman–Crippen LogP) is 2.20. The lowest BCUT2D eigenvalue weighted by Gasteiger charge is -2.22. The molecule has 0 aromatic heterocycles. The first-order chi connectivity index (χ1) is 8.28. The van der Waals surface area contributed by atoms with Crippen molar-refractivity contribution in [1.29, 1.82) is 0 Å². The van der Waals surface area contributed by atoms with E-state index in [1.165, 1.54) is 6.42 Å². The van der Waals surface area contributed by atoms with E-state index in [9.17, 15) is 0 Å². The summed E-state index contributed by atoms with van der Waals surface area (Å²) in [5.41, 5.74) is 5.85. The Kier molecular flexibility index (Phi) is 8.00. The third-order valence-electron chi connectivity index (χ3n) is 2.85. The van der Waals surface area contributed by atoms with Crippen molar-refractivity contribution in [3.63, 3.8) is 0 Å². The third kappa shape index (κ3) is 9.28. The first-order valence-corrected chi connectivity index (χ1v) is 7.12. The lowest BCUT2D eigenvalue weighted by molar-refractivity contribution is 0.294. The Morgan fingerprint density at radius 2 is 1.83 bits per heavy atom. The van der Waals surface area contributed by atoms with Gasteiger partial charge in [0.05, 0.1) is 6.04 Å². The van der Waals surface area contributed by atoms with Crippen LogP contribution in [0.3, 0.4) is 0 Å². The first-order valence-electron chi connectivity index (χ1n) is 7.12. The molecule has 0 aliphatic rings. The van der Waals surface area contributed by atoms with Gasteiger partial charge in [0, 0.05) is 5.54 Å². The van der Waals surface area contributed by atoms with E-state index in [-0.39, 0.29) is 11.6 Å². The molecule has 1 unspecified atom stereocenters. The van der Waals surface area contributed by atoms with Gasteiger partial charge in [0.1, 0.15) is 0 Å². The van der Waals surface area contributed by atoms with E-state index in [2.05, 4.69) is 56.8 Å². The highest BCUT2D eigenvalue weighted by Gasteiger charge is 2.10. The number of hydrogen-bond acceptors (Lipinski definition) is 2. The molecule has 3 N–H and O–H groups in total. The maximum atomic E-state index is 5.87. The van der Waals surface area contributed by atoms with Crippen molar-refractivity contribution in [3.05, 3.63) is 0 Å². The standard InChI is InChI=1S/C14H32N4/c1-7-18(8-2)11-9-10-12(3)16-13(15)17-14(4,5)6/h12H,7-11H2,1-6H3,(H3,15,16,17). The monoisotopic (exact) mass is 256 g/mol. The number of nitrogens with zero attached hydrogens (tertiary/aromatic N) is 2. The van der Waals surface area contributed by atoms with E-state index >= 15 is 0 Å². The van der Waals surface area contributed by atoms with Crippen LogP contribution in [0.1, 0.15) is 54.4 Å². The number of hydrogen-bond donors (Lipinski definition) is 2. The van der Waals surface area contributed by atoms with Gasteiger partial charge in [-0.1, -0.05) is 13.8 Å². The smallest absolute Gasteiger partial charge is 0.189 e. The van der Waals surface area contributed by atoms with Crippen LogP contribution in [-0.2, 0) is 0 Å². The van der Waals surface area contributed by atoms with Gasteiger partial charge in [0.25, 0.3) is 0 Å². The molecule has 0 aliphatic heterocycles. The van der Waals surface area contributed by atoms with Gasteiger partial charge in [0.15, 0.2) is 5.96 Å². The Bertz CT molecular complexity index is 239. The normalized spacial score (nSPS) is 14.9. The molecule has 0 aliphatic carbocycles. The molecular formula is C14H32N4. The fraction of sp³-hybridized carbons (Fsp3) is 0.929. The topological polar surface area (TPSA) is 53.6 Å². The summed E-state index contributed by atoms with van der Waals surface area (Å²) in [5.74, 6) is 0.554. The molecule has 108 valence electrons. The van der Waals surface area contributed by atoms with Crippen molar-refractivity contribution >= 4 is 5.96 Å². The number of aliphatic imine (C=N–C) groups is 1. The molecule has 0 aromatic rings. The highest BCUT2D eigenvalue weighted by Crippen LogP contribution is 2.04. The molecule has 0 bridgehead atoms. The minimum Gasteiger partial charge on any atom is -0.370 e. The van der Waals surface area contributed by atoms with Gasteiger partial charge < -0.3 is 16.0 Å². The molecule has 0 aromatic carbocycles. The van der Waals surface area contributed by atoms with Gasteiger partial charge in [0.2, 0.25) is 0 Å². The van der Waals surface area contributed by atoms with Crippen LogP contribution in [0.4, 0.5) is 0 Å². The highest BCUT2D eigenvalue weighted by atomic mass is 15.1. The van der Waals surface area contributed by atoms with E-state index < -0.39 is 0 Å². The summed E-state index contributed by atoms with van der Waals surface area (Å²) in [6.07, 6.45) is 2.26. The van der Waals surface area contributed by atoms with Crippen molar-refractivity contribution in [2.45, 2.75) is 66.0 Å². The molecule has 18 heavy (non-hydrogen) atoms. The summed E-state index contributed by atoms with van der Waals surface area (Å²) in [6.45, 7) is 16.2. The number of nitrogens with one attached hydrogen (secondary N) is 1. The van der Waals surface area contributed by atoms with Crippen molar-refractivity contribution in [2.24, 2.45) is 10.7 Å². The fourth-order valence-electron chi connectivity index (χ4n) is 1.87. The van der Waals surface area contributed by atoms with E-state index in [1.807, 2.05) is 0 Å². The average molecular weight is 256 g/mol. The molecule has 0 heterocycles. The molecule has 4 nitrogen and oxygen atoms in total. The zero-order valence-corrected chi connectivity index (χ0v) is 13.1. The second-order valence-electron chi connectivity index (χ2n) is 5.91. The average Bonchev–Trinajstić information content (AvgIpc) is 2.21. The van der Waals surface area contributed by atoms with E-state index in [4.69, 9.17) is 5.73 Å². The van der Waals surface area contributed by atoms with Crippen LogP contribution in [0.25, 0.3) is 0 Å². The number of rotatable bonds is 7. The lowest BCUT2D eigenvalue weighted by atomic mass is 10.1. The Morgan fingerprint density at radius 3 is 2.28 bits per heavy atom. The van der Waals surface area contributed by atoms with Crippen LogP contribution in [0.2, 0.25) is 0 Å². The summed E-state index contributed by atoms with van der Waals surface area (Å²) >= 11 is 0. The summed E-state index contributed by atoms with van der Waals surface area (Å²) < 4.78 is 0. The first kappa shape index (κ1) is 17.2. The molecule has 0 fully saturated rings. The summed E-state index contributed by atoms with van der Waals surface area (Å²) in [4.78, 5) is 6.91. The maximum Gasteiger partial charge on any atom is 0.189 e. The molecule has 0 radical (unpaired) electrons. The van der Waals surface area contributed by atoms with Crippen molar-refractivity contribution < 1.29 is 0 Å². The SMILES string of the molecule is CCN(CC)CCCC(C)N=C(N)NC(C)(C)C. The van der Waals surface area contributed by atoms with E-state index in [0.29, 0.717) is 5.96 Å². The van der Waals surface area contributed by atoms with Gasteiger partial charge in [-0.2, -0.15) is 0 Å². The Balaban J connectivity index is 3.95. The molecule has 0 amide bonds. The van der Waals surface area contributed by atoms with Gasteiger partial charge >= 0.3 is 0 Å². The lowest BCUT2D eigenvalue weighted by Crippen LogP contribution is -2.45. The zero-order valence-electron chi connectivity index (χ0n) is 13.1. The van der Waals surface area contributed by atoms with Crippen LogP contribution in [0.5, 0.6) is 0 Å². The van der Waals surface area contributed by atoms with Gasteiger partial charge in [-0.3, -0.25) is 4.99 Å². The van der Waals surface area contributed by atoms with Crippen molar-refractivity contribution in [3.8, 4) is 0 Å². The Labute approximate surface area is 113 Å². The molecule has 1 atom stereocenters. The zero-order chi connectivity index (χ0) is 14.2. The van der Waals surface area contributed by atoms with Gasteiger partial charge in [-0.05, 0) is 60.2 Å². The second-order valence-corrected chi connectivity index (χ2v) is 5.91. The molecule has 4 heteroatoms. The second kappa shape index (κ2) is 8.35. The summed E-state index contributed by atoms with van der Waals surface area (Å²) in [5, 5.41) is 3.19. The predicted molar refractivity (Wildman–Crippen MR) is 81.0 cm³/mol. The summed E-state index contributed by atoms with van der Waals surface area (Å²) in [7, 11) is 0. The number of nitrogens with two attached hydrogens (primary N) is 1. The maximum absolute atomic E-state index is 5.87. The van der Waals surface area contributed by atoms with Crippen LogP contribution in [0, 0.1) is 0 Å². The minimum atomic E-state index is -0.0193. The third-order valence-corrected chi connectivity index (χ3v) is 2.85. The van der Waals surface area contributed by atoms with Crippen molar-refractivity contribution in [1.82, 2.24) is 10.2 Å². The summed E-state index contributed by atoms with van der Waals surface area (Å²) in [6, 6.07) is 0.287. The largest absolute Gasteiger partial charge is 0.370 e. The molecule has 0 saturated heterocycles.